The summed E-state index contributed by atoms with van der Waals surface area (Å²) in [4.78, 5) is 4.32. The van der Waals surface area contributed by atoms with Gasteiger partial charge in [0, 0.05) is 5.38 Å². The topological polar surface area (TPSA) is 50.7 Å². The third-order valence-electron chi connectivity index (χ3n) is 2.30. The smallest absolute Gasteiger partial charge is 0.106 e. The number of hydrogen-bond acceptors (Lipinski definition) is 6. The summed E-state index contributed by atoms with van der Waals surface area (Å²) in [5.74, 6) is 0. The minimum Gasteiger partial charge on any atom is -0.376 e. The highest BCUT2D eigenvalue weighted by Gasteiger charge is 2.08. The van der Waals surface area contributed by atoms with E-state index in [1.54, 1.807) is 11.3 Å². The Kier molecular flexibility index (Phi) is 2.92. The molecule has 0 fully saturated rings. The first-order valence-corrected chi connectivity index (χ1v) is 6.95. The fourth-order valence-corrected chi connectivity index (χ4v) is 2.87. The molecule has 0 saturated heterocycles. The van der Waals surface area contributed by atoms with Gasteiger partial charge in [-0.1, -0.05) is 16.1 Å². The highest BCUT2D eigenvalue weighted by Crippen LogP contribution is 2.32. The number of anilines is 1. The predicted molar refractivity (Wildman–Crippen MR) is 71.9 cm³/mol. The number of benzene rings is 1. The Labute approximate surface area is 110 Å². The maximum absolute atomic E-state index is 6.17. The van der Waals surface area contributed by atoms with E-state index in [1.807, 2.05) is 23.0 Å². The van der Waals surface area contributed by atoms with Crippen LogP contribution in [0.2, 0.25) is 5.02 Å². The van der Waals surface area contributed by atoms with Gasteiger partial charge in [0.2, 0.25) is 0 Å². The molecule has 3 aromatic rings. The van der Waals surface area contributed by atoms with Crippen LogP contribution < -0.4 is 5.32 Å². The minimum atomic E-state index is 0.604. The van der Waals surface area contributed by atoms with Gasteiger partial charge in [-0.15, -0.1) is 16.4 Å². The van der Waals surface area contributed by atoms with Gasteiger partial charge in [-0.2, -0.15) is 0 Å². The van der Waals surface area contributed by atoms with Gasteiger partial charge in [0.1, 0.15) is 5.52 Å². The van der Waals surface area contributed by atoms with Gasteiger partial charge in [-0.05, 0) is 23.7 Å². The van der Waals surface area contributed by atoms with E-state index in [2.05, 4.69) is 19.9 Å². The summed E-state index contributed by atoms with van der Waals surface area (Å²) in [5, 5.41) is 9.81. The van der Waals surface area contributed by atoms with Gasteiger partial charge in [-0.25, -0.2) is 4.98 Å². The molecule has 0 aliphatic heterocycles. The predicted octanol–water partition coefficient (Wildman–Crippen LogP) is 3.41. The summed E-state index contributed by atoms with van der Waals surface area (Å²) in [6, 6.07) is 3.86. The molecule has 17 heavy (non-hydrogen) atoms. The highest BCUT2D eigenvalue weighted by molar-refractivity contribution is 7.16. The maximum atomic E-state index is 6.17. The van der Waals surface area contributed by atoms with E-state index in [9.17, 15) is 0 Å². The van der Waals surface area contributed by atoms with Crippen molar-refractivity contribution >= 4 is 50.4 Å². The number of halogens is 1. The van der Waals surface area contributed by atoms with Crippen LogP contribution in [0.15, 0.2) is 23.0 Å². The zero-order valence-corrected chi connectivity index (χ0v) is 10.9. The Morgan fingerprint density at radius 2 is 2.29 bits per heavy atom. The first-order chi connectivity index (χ1) is 8.34. The first-order valence-electron chi connectivity index (χ1n) is 4.86. The van der Waals surface area contributed by atoms with Crippen LogP contribution in [0.3, 0.4) is 0 Å². The zero-order chi connectivity index (χ0) is 11.7. The van der Waals surface area contributed by atoms with Gasteiger partial charge in [0.25, 0.3) is 0 Å². The van der Waals surface area contributed by atoms with Crippen molar-refractivity contribution in [2.45, 2.75) is 6.54 Å². The minimum absolute atomic E-state index is 0.604. The van der Waals surface area contributed by atoms with E-state index in [1.165, 1.54) is 11.5 Å². The molecule has 0 aliphatic carbocycles. The summed E-state index contributed by atoms with van der Waals surface area (Å²) in [5.41, 5.74) is 4.48. The van der Waals surface area contributed by atoms with E-state index in [0.29, 0.717) is 11.6 Å². The molecule has 4 nitrogen and oxygen atoms in total. The van der Waals surface area contributed by atoms with Crippen molar-refractivity contribution in [3.05, 3.63) is 33.7 Å². The molecule has 0 spiro atoms. The van der Waals surface area contributed by atoms with Crippen LogP contribution in [0.5, 0.6) is 0 Å². The van der Waals surface area contributed by atoms with Crippen LogP contribution in [0, 0.1) is 0 Å². The van der Waals surface area contributed by atoms with E-state index >= 15 is 0 Å². The molecule has 2 heterocycles. The Bertz CT molecular complexity index is 635. The second kappa shape index (κ2) is 4.56. The number of hydrogen-bond donors (Lipinski definition) is 1. The van der Waals surface area contributed by atoms with Gasteiger partial charge < -0.3 is 5.32 Å². The SMILES string of the molecule is Clc1ccc2scnc2c1NCc1csnn1. The summed E-state index contributed by atoms with van der Waals surface area (Å²) < 4.78 is 4.93. The highest BCUT2D eigenvalue weighted by atomic mass is 35.5. The third-order valence-corrected chi connectivity index (χ3v) is 3.97. The average molecular weight is 283 g/mol. The molecule has 1 aromatic carbocycles. The Hall–Kier alpha value is -1.24. The molecule has 7 heteroatoms. The molecule has 0 bridgehead atoms. The van der Waals surface area contributed by atoms with Crippen molar-refractivity contribution in [1.29, 1.82) is 0 Å². The molecule has 1 N–H and O–H groups in total. The number of rotatable bonds is 3. The maximum Gasteiger partial charge on any atom is 0.106 e. The van der Waals surface area contributed by atoms with Crippen molar-refractivity contribution in [2.24, 2.45) is 0 Å². The molecule has 0 unspecified atom stereocenters. The standard InChI is InChI=1S/C10H7ClN4S2/c11-7-1-2-8-10(13-5-16-8)9(7)12-3-6-4-17-15-14-6/h1-2,4-5,12H,3H2. The largest absolute Gasteiger partial charge is 0.376 e. The summed E-state index contributed by atoms with van der Waals surface area (Å²) in [6.07, 6.45) is 0. The molecular weight excluding hydrogens is 276 g/mol. The lowest BCUT2D eigenvalue weighted by atomic mass is 10.3. The summed E-state index contributed by atoms with van der Waals surface area (Å²) >= 11 is 9.10. The molecular formula is C10H7ClN4S2. The first kappa shape index (κ1) is 10.9. The van der Waals surface area contributed by atoms with Crippen molar-refractivity contribution in [3.8, 4) is 0 Å². The fraction of sp³-hybridized carbons (Fsp3) is 0.100. The van der Waals surface area contributed by atoms with Crippen LogP contribution >= 0.6 is 34.5 Å². The average Bonchev–Trinajstić information content (AvgIpc) is 2.97. The lowest BCUT2D eigenvalue weighted by molar-refractivity contribution is 1.000. The van der Waals surface area contributed by atoms with Gasteiger partial charge >= 0.3 is 0 Å². The third kappa shape index (κ3) is 2.11. The second-order valence-corrected chi connectivity index (χ2v) is 5.27. The molecule has 0 aliphatic rings. The molecule has 0 radical (unpaired) electrons. The molecule has 0 atom stereocenters. The van der Waals surface area contributed by atoms with Crippen LogP contribution in [0.4, 0.5) is 5.69 Å². The van der Waals surface area contributed by atoms with Crippen LogP contribution in [0.1, 0.15) is 5.69 Å². The van der Waals surface area contributed by atoms with Gasteiger partial charge in [0.05, 0.1) is 33.2 Å². The Balaban J connectivity index is 1.93. The van der Waals surface area contributed by atoms with Crippen molar-refractivity contribution in [1.82, 2.24) is 14.6 Å². The molecule has 86 valence electrons. The van der Waals surface area contributed by atoms with Crippen molar-refractivity contribution in [3.63, 3.8) is 0 Å². The number of fused-ring (bicyclic) bond motifs is 1. The quantitative estimate of drug-likeness (QED) is 0.800. The van der Waals surface area contributed by atoms with E-state index < -0.39 is 0 Å². The Morgan fingerprint density at radius 1 is 1.35 bits per heavy atom. The second-order valence-electron chi connectivity index (χ2n) is 3.37. The molecule has 0 saturated carbocycles. The van der Waals surface area contributed by atoms with E-state index in [0.717, 1.165) is 21.6 Å². The fourth-order valence-electron chi connectivity index (χ4n) is 1.51. The van der Waals surface area contributed by atoms with Gasteiger partial charge in [0.15, 0.2) is 0 Å². The lowest BCUT2D eigenvalue weighted by Crippen LogP contribution is -2.01. The van der Waals surface area contributed by atoms with E-state index in [4.69, 9.17) is 11.6 Å². The van der Waals surface area contributed by atoms with Crippen LogP contribution in [-0.2, 0) is 6.54 Å². The van der Waals surface area contributed by atoms with Crippen molar-refractivity contribution < 1.29 is 0 Å². The summed E-state index contributed by atoms with van der Waals surface area (Å²) in [7, 11) is 0. The van der Waals surface area contributed by atoms with Crippen LogP contribution in [0.25, 0.3) is 10.2 Å². The van der Waals surface area contributed by atoms with E-state index in [-0.39, 0.29) is 0 Å². The molecule has 0 amide bonds. The normalized spacial score (nSPS) is 10.9. The molecule has 3 rings (SSSR count). The summed E-state index contributed by atoms with van der Waals surface area (Å²) in [6.45, 7) is 0.604. The lowest BCUT2D eigenvalue weighted by Gasteiger charge is -2.07. The van der Waals surface area contributed by atoms with Crippen LogP contribution in [-0.4, -0.2) is 14.6 Å². The van der Waals surface area contributed by atoms with Crippen molar-refractivity contribution in [2.75, 3.05) is 5.32 Å². The number of thiazole rings is 1. The van der Waals surface area contributed by atoms with Gasteiger partial charge in [-0.3, -0.25) is 0 Å². The Morgan fingerprint density at radius 3 is 3.12 bits per heavy atom. The zero-order valence-electron chi connectivity index (χ0n) is 8.55. The number of nitrogens with one attached hydrogen (secondary N) is 1. The number of aromatic nitrogens is 3. The number of nitrogens with zero attached hydrogens (tertiary/aromatic N) is 3. The monoisotopic (exact) mass is 282 g/mol. The molecule has 2 aromatic heterocycles.